The number of fused-ring (bicyclic) bond motifs is 4. The second-order valence-corrected chi connectivity index (χ2v) is 23.0. The Morgan fingerprint density at radius 3 is 2.00 bits per heavy atom. The maximum Gasteiger partial charge on any atom is 0.246 e. The Bertz CT molecular complexity index is 2290. The van der Waals surface area contributed by atoms with Crippen molar-refractivity contribution in [3.05, 3.63) is 96.1 Å². The van der Waals surface area contributed by atoms with Crippen LogP contribution in [0.4, 0.5) is 0 Å². The number of benzene rings is 2. The molecule has 70 heavy (non-hydrogen) atoms. The molecule has 6 N–H and O–H groups in total. The van der Waals surface area contributed by atoms with Gasteiger partial charge in [-0.05, 0) is 137 Å². The van der Waals surface area contributed by atoms with Crippen LogP contribution in [-0.4, -0.2) is 117 Å². The molecule has 14 nitrogen and oxygen atoms in total. The summed E-state index contributed by atoms with van der Waals surface area (Å²) >= 11 is 3.35. The van der Waals surface area contributed by atoms with Gasteiger partial charge in [0.2, 0.25) is 35.4 Å². The van der Waals surface area contributed by atoms with Crippen LogP contribution in [-0.2, 0) is 41.6 Å². The van der Waals surface area contributed by atoms with E-state index >= 15 is 0 Å². The Kier molecular flexibility index (Phi) is 16.9. The summed E-state index contributed by atoms with van der Waals surface area (Å²) in [6.07, 6.45) is 12.0. The minimum absolute atomic E-state index is 0.0494. The predicted molar refractivity (Wildman–Crippen MR) is 277 cm³/mol. The molecule has 12 atom stereocenters. The number of hydrogen-bond donors (Lipinski definition) is 6. The van der Waals surface area contributed by atoms with Crippen LogP contribution in [0.5, 0.6) is 0 Å². The standard InChI is InChI=1S/C54H74N8O6S2/c1-7-25-54(26-8-2)30-44-62(47(54)51(66)57-40-20-14-17-35-15-10-12-18-38(35)40)53(68)42(24-28-70-44)59-49(64)33(5)56-31-37-22-21-36-16-11-13-19-39(36)45(37)60-50(65)46-34(9-3)29-43-61(46)52(67)41(23-27-69-43)58-48(63)32(4)55-6/h7-8,10-13,15-16,18-19,32-34,37,40-47,55-56H,1-2,9,14,17,20-31H2,3-6H3,(H,57,66)(H,58,63)(H,59,64)(H,60,65)/t32-,33-,34?,37?,40?,41-,42-,43-,44-,45?,46?,47?/m0/s1. The second kappa shape index (κ2) is 22.8. The van der Waals surface area contributed by atoms with Gasteiger partial charge < -0.3 is 41.7 Å². The van der Waals surface area contributed by atoms with Crippen LogP contribution in [0.1, 0.15) is 119 Å². The zero-order chi connectivity index (χ0) is 49.7. The highest BCUT2D eigenvalue weighted by atomic mass is 32.2. The maximum absolute atomic E-state index is 14.9. The molecule has 378 valence electrons. The van der Waals surface area contributed by atoms with Crippen molar-refractivity contribution < 1.29 is 28.8 Å². The Morgan fingerprint density at radius 1 is 0.729 bits per heavy atom. The van der Waals surface area contributed by atoms with Crippen molar-refractivity contribution in [3.8, 4) is 0 Å². The van der Waals surface area contributed by atoms with E-state index in [0.717, 1.165) is 55.2 Å². The molecule has 8 rings (SSSR count). The lowest BCUT2D eigenvalue weighted by atomic mass is 9.73. The number of allylic oxidation sites excluding steroid dienone is 2. The molecule has 2 aromatic rings. The number of aryl methyl sites for hydroxylation is 2. The highest BCUT2D eigenvalue weighted by molar-refractivity contribution is 8.00. The molecule has 6 amide bonds. The first-order valence-corrected chi connectivity index (χ1v) is 27.8. The van der Waals surface area contributed by atoms with Crippen LogP contribution >= 0.6 is 23.5 Å². The van der Waals surface area contributed by atoms with E-state index in [1.807, 2.05) is 36.4 Å². The molecule has 4 fully saturated rings. The van der Waals surface area contributed by atoms with E-state index in [-0.39, 0.29) is 70.1 Å². The molecular formula is C54H74N8O6S2. The molecule has 6 unspecified atom stereocenters. The number of carbonyl (C=O) groups excluding carboxylic acids is 6. The van der Waals surface area contributed by atoms with E-state index in [9.17, 15) is 28.8 Å². The third-order valence-corrected chi connectivity index (χ3v) is 18.7. The number of likely N-dealkylation sites (N-methyl/N-ethyl adjacent to an activating group) is 1. The van der Waals surface area contributed by atoms with E-state index in [4.69, 9.17) is 0 Å². The zero-order valence-corrected chi connectivity index (χ0v) is 43.0. The SMILES string of the molecule is C=CCC1(CC=C)C[C@@H]2SCC[C@H](NC(=O)[C@H](C)NCC3CCc4ccccc4C3NC(=O)C3C(CC)C[C@@H]4SCC[C@H](NC(=O)[C@H](C)NC)C(=O)N34)C(=O)N2C1C(=O)NC1CCCc2ccccc21. The van der Waals surface area contributed by atoms with Gasteiger partial charge in [0.05, 0.1) is 34.9 Å². The van der Waals surface area contributed by atoms with Gasteiger partial charge in [0.15, 0.2) is 0 Å². The van der Waals surface area contributed by atoms with Gasteiger partial charge in [0, 0.05) is 12.0 Å². The monoisotopic (exact) mass is 995 g/mol. The fourth-order valence-electron chi connectivity index (χ4n) is 12.2. The molecule has 4 saturated heterocycles. The Labute approximate surface area is 422 Å². The van der Waals surface area contributed by atoms with Crippen LogP contribution in [0.3, 0.4) is 0 Å². The second-order valence-electron chi connectivity index (χ2n) is 20.4. The maximum atomic E-state index is 14.9. The van der Waals surface area contributed by atoms with Crippen LogP contribution in [0.2, 0.25) is 0 Å². The number of nitrogens with zero attached hydrogens (tertiary/aromatic N) is 2. The molecule has 4 heterocycles. The van der Waals surface area contributed by atoms with Crippen LogP contribution in [0, 0.1) is 17.3 Å². The first kappa shape index (κ1) is 51.7. The van der Waals surface area contributed by atoms with E-state index in [0.29, 0.717) is 56.6 Å². The topological polar surface area (TPSA) is 181 Å². The van der Waals surface area contributed by atoms with Crippen molar-refractivity contribution in [3.63, 3.8) is 0 Å². The van der Waals surface area contributed by atoms with Crippen LogP contribution < -0.4 is 31.9 Å². The molecule has 6 aliphatic rings. The van der Waals surface area contributed by atoms with Crippen LogP contribution in [0.25, 0.3) is 0 Å². The Morgan fingerprint density at radius 2 is 1.34 bits per heavy atom. The molecule has 0 spiro atoms. The van der Waals surface area contributed by atoms with Crippen molar-refractivity contribution in [2.75, 3.05) is 25.1 Å². The normalized spacial score (nSPS) is 29.9. The number of rotatable bonds is 17. The van der Waals surface area contributed by atoms with Gasteiger partial charge in [-0.25, -0.2) is 0 Å². The van der Waals surface area contributed by atoms with Crippen LogP contribution in [0.15, 0.2) is 73.8 Å². The molecule has 0 aromatic heterocycles. The van der Waals surface area contributed by atoms with Crippen molar-refractivity contribution >= 4 is 59.0 Å². The van der Waals surface area contributed by atoms with Gasteiger partial charge in [0.25, 0.3) is 0 Å². The van der Waals surface area contributed by atoms with E-state index in [2.05, 4.69) is 76.2 Å². The van der Waals surface area contributed by atoms with Gasteiger partial charge >= 0.3 is 0 Å². The molecular weight excluding hydrogens is 921 g/mol. The van der Waals surface area contributed by atoms with Crippen molar-refractivity contribution in [1.29, 1.82) is 0 Å². The fourth-order valence-corrected chi connectivity index (χ4v) is 15.1. The van der Waals surface area contributed by atoms with E-state index in [1.165, 1.54) is 5.56 Å². The number of thioether (sulfide) groups is 2. The van der Waals surface area contributed by atoms with Crippen molar-refractivity contribution in [1.82, 2.24) is 41.7 Å². The number of hydrogen-bond acceptors (Lipinski definition) is 10. The number of nitrogens with one attached hydrogen (secondary N) is 6. The predicted octanol–water partition coefficient (Wildman–Crippen LogP) is 5.45. The summed E-state index contributed by atoms with van der Waals surface area (Å²) in [4.78, 5) is 89.5. The highest BCUT2D eigenvalue weighted by Gasteiger charge is 2.58. The molecule has 4 aliphatic heterocycles. The van der Waals surface area contributed by atoms with Gasteiger partial charge in [-0.2, -0.15) is 0 Å². The highest BCUT2D eigenvalue weighted by Crippen LogP contribution is 2.52. The molecule has 2 aliphatic carbocycles. The van der Waals surface area contributed by atoms with E-state index < -0.39 is 41.7 Å². The summed E-state index contributed by atoms with van der Waals surface area (Å²) in [5.74, 6) is -0.218. The lowest BCUT2D eigenvalue weighted by Crippen LogP contribution is -2.59. The number of carbonyl (C=O) groups is 6. The quantitative estimate of drug-likeness (QED) is 0.112. The first-order chi connectivity index (χ1) is 33.8. The van der Waals surface area contributed by atoms with Gasteiger partial charge in [-0.1, -0.05) is 74.0 Å². The molecule has 16 heteroatoms. The van der Waals surface area contributed by atoms with Crippen molar-refractivity contribution in [2.24, 2.45) is 17.3 Å². The lowest BCUT2D eigenvalue weighted by Gasteiger charge is -2.38. The minimum atomic E-state index is -0.821. The van der Waals surface area contributed by atoms with Crippen molar-refractivity contribution in [2.45, 2.75) is 157 Å². The summed E-state index contributed by atoms with van der Waals surface area (Å²) in [5, 5.41) is 18.9. The molecule has 0 bridgehead atoms. The smallest absolute Gasteiger partial charge is 0.246 e. The third kappa shape index (κ3) is 10.6. The molecule has 2 aromatic carbocycles. The average Bonchev–Trinajstić information content (AvgIpc) is 3.80. The first-order valence-electron chi connectivity index (χ1n) is 25.7. The minimum Gasteiger partial charge on any atom is -0.347 e. The molecule has 0 saturated carbocycles. The summed E-state index contributed by atoms with van der Waals surface area (Å²) < 4.78 is 0. The fraction of sp³-hybridized carbons (Fsp3) is 0.593. The average molecular weight is 995 g/mol. The van der Waals surface area contributed by atoms with Gasteiger partial charge in [0.1, 0.15) is 24.2 Å². The van der Waals surface area contributed by atoms with Gasteiger partial charge in [-0.3, -0.25) is 28.8 Å². The molecule has 0 radical (unpaired) electrons. The summed E-state index contributed by atoms with van der Waals surface area (Å²) in [6, 6.07) is 11.7. The Hall–Kier alpha value is -4.64. The largest absolute Gasteiger partial charge is 0.347 e. The lowest BCUT2D eigenvalue weighted by molar-refractivity contribution is -0.144. The van der Waals surface area contributed by atoms with E-state index in [1.54, 1.807) is 54.2 Å². The third-order valence-electron chi connectivity index (χ3n) is 16.2. The summed E-state index contributed by atoms with van der Waals surface area (Å²) in [6.45, 7) is 14.2. The zero-order valence-electron chi connectivity index (χ0n) is 41.4. The Balaban J connectivity index is 0.959. The van der Waals surface area contributed by atoms with Gasteiger partial charge in [-0.15, -0.1) is 36.7 Å². The summed E-state index contributed by atoms with van der Waals surface area (Å²) in [5.41, 5.74) is 3.94. The summed E-state index contributed by atoms with van der Waals surface area (Å²) in [7, 11) is 1.70. The number of amides is 6.